The zero-order valence-electron chi connectivity index (χ0n) is 10.6. The van der Waals surface area contributed by atoms with E-state index in [1.807, 2.05) is 42.0 Å². The van der Waals surface area contributed by atoms with E-state index in [1.54, 1.807) is 6.20 Å². The third kappa shape index (κ3) is 2.43. The highest BCUT2D eigenvalue weighted by molar-refractivity contribution is 5.54. The van der Waals surface area contributed by atoms with Gasteiger partial charge in [-0.05, 0) is 26.0 Å². The fourth-order valence-corrected chi connectivity index (χ4v) is 1.47. The molecule has 0 unspecified atom stereocenters. The SMILES string of the molecule is CC(C)n1ccc(-c2ccnc(N(C)C)n2)n1. The molecule has 0 N–H and O–H groups in total. The first-order valence-corrected chi connectivity index (χ1v) is 5.64. The normalized spacial score (nSPS) is 10.9. The Morgan fingerprint density at radius 2 is 1.94 bits per heavy atom. The van der Waals surface area contributed by atoms with Crippen LogP contribution in [-0.4, -0.2) is 33.8 Å². The Morgan fingerprint density at radius 3 is 2.53 bits per heavy atom. The Bertz CT molecular complexity index is 501. The van der Waals surface area contributed by atoms with E-state index < -0.39 is 0 Å². The molecule has 90 valence electrons. The van der Waals surface area contributed by atoms with E-state index in [-0.39, 0.29) is 0 Å². The summed E-state index contributed by atoms with van der Waals surface area (Å²) in [4.78, 5) is 10.5. The van der Waals surface area contributed by atoms with E-state index in [1.165, 1.54) is 0 Å². The Balaban J connectivity index is 2.35. The summed E-state index contributed by atoms with van der Waals surface area (Å²) in [5.41, 5.74) is 1.73. The van der Waals surface area contributed by atoms with Crippen LogP contribution in [-0.2, 0) is 0 Å². The number of anilines is 1. The summed E-state index contributed by atoms with van der Waals surface area (Å²) in [7, 11) is 3.84. The minimum Gasteiger partial charge on any atom is -0.347 e. The molecule has 0 saturated heterocycles. The molecule has 5 heteroatoms. The van der Waals surface area contributed by atoms with Crippen molar-refractivity contribution in [3.05, 3.63) is 24.5 Å². The predicted octanol–water partition coefficient (Wildman–Crippen LogP) is 1.99. The third-order valence-electron chi connectivity index (χ3n) is 2.44. The van der Waals surface area contributed by atoms with Crippen LogP contribution in [0.15, 0.2) is 24.5 Å². The Morgan fingerprint density at radius 1 is 1.18 bits per heavy atom. The van der Waals surface area contributed by atoms with Crippen molar-refractivity contribution in [3.63, 3.8) is 0 Å². The Hall–Kier alpha value is -1.91. The first-order valence-electron chi connectivity index (χ1n) is 5.64. The molecule has 0 fully saturated rings. The van der Waals surface area contributed by atoms with E-state index in [0.29, 0.717) is 12.0 Å². The van der Waals surface area contributed by atoms with Gasteiger partial charge in [-0.15, -0.1) is 0 Å². The van der Waals surface area contributed by atoms with Gasteiger partial charge in [-0.1, -0.05) is 0 Å². The maximum Gasteiger partial charge on any atom is 0.225 e. The summed E-state index contributed by atoms with van der Waals surface area (Å²) >= 11 is 0. The van der Waals surface area contributed by atoms with E-state index in [0.717, 1.165) is 11.4 Å². The summed E-state index contributed by atoms with van der Waals surface area (Å²) in [5, 5.41) is 4.49. The minimum atomic E-state index is 0.360. The molecule has 0 aromatic carbocycles. The number of aromatic nitrogens is 4. The van der Waals surface area contributed by atoms with Crippen molar-refractivity contribution in [3.8, 4) is 11.4 Å². The van der Waals surface area contributed by atoms with Crippen molar-refractivity contribution >= 4 is 5.95 Å². The van der Waals surface area contributed by atoms with Gasteiger partial charge in [0.05, 0.1) is 5.69 Å². The second kappa shape index (κ2) is 4.53. The van der Waals surface area contributed by atoms with Crippen molar-refractivity contribution in [1.29, 1.82) is 0 Å². The van der Waals surface area contributed by atoms with Crippen LogP contribution in [0.2, 0.25) is 0 Å². The maximum absolute atomic E-state index is 4.49. The molecule has 5 nitrogen and oxygen atoms in total. The van der Waals surface area contributed by atoms with Crippen molar-refractivity contribution in [2.75, 3.05) is 19.0 Å². The van der Waals surface area contributed by atoms with Gasteiger partial charge in [0, 0.05) is 32.5 Å². The molecule has 17 heavy (non-hydrogen) atoms. The highest BCUT2D eigenvalue weighted by Crippen LogP contribution is 2.17. The van der Waals surface area contributed by atoms with Gasteiger partial charge in [0.25, 0.3) is 0 Å². The monoisotopic (exact) mass is 231 g/mol. The Labute approximate surface area is 101 Å². The highest BCUT2D eigenvalue weighted by Gasteiger charge is 2.07. The lowest BCUT2D eigenvalue weighted by atomic mass is 10.3. The number of hydrogen-bond acceptors (Lipinski definition) is 4. The first kappa shape index (κ1) is 11.6. The summed E-state index contributed by atoms with van der Waals surface area (Å²) in [5.74, 6) is 0.696. The highest BCUT2D eigenvalue weighted by atomic mass is 15.3. The Kier molecular flexibility index (Phi) is 3.08. The molecule has 0 saturated carbocycles. The minimum absolute atomic E-state index is 0.360. The van der Waals surface area contributed by atoms with Gasteiger partial charge in [-0.25, -0.2) is 9.97 Å². The molecule has 2 aromatic heterocycles. The average Bonchev–Trinajstić information content (AvgIpc) is 2.78. The van der Waals surface area contributed by atoms with Gasteiger partial charge >= 0.3 is 0 Å². The molecule has 2 heterocycles. The smallest absolute Gasteiger partial charge is 0.225 e. The van der Waals surface area contributed by atoms with Gasteiger partial charge in [0.15, 0.2) is 0 Å². The molecule has 0 aliphatic heterocycles. The first-order chi connectivity index (χ1) is 8.08. The second-order valence-electron chi connectivity index (χ2n) is 4.41. The zero-order chi connectivity index (χ0) is 12.4. The van der Waals surface area contributed by atoms with Gasteiger partial charge in [-0.2, -0.15) is 5.10 Å². The van der Waals surface area contributed by atoms with Crippen LogP contribution in [0.1, 0.15) is 19.9 Å². The predicted molar refractivity (Wildman–Crippen MR) is 68.0 cm³/mol. The molecule has 0 aliphatic carbocycles. The molecule has 0 aliphatic rings. The molecular weight excluding hydrogens is 214 g/mol. The summed E-state index contributed by atoms with van der Waals surface area (Å²) < 4.78 is 1.92. The number of rotatable bonds is 3. The van der Waals surface area contributed by atoms with Crippen LogP contribution in [0.5, 0.6) is 0 Å². The van der Waals surface area contributed by atoms with Crippen LogP contribution in [0.25, 0.3) is 11.4 Å². The van der Waals surface area contributed by atoms with Crippen LogP contribution in [0.4, 0.5) is 5.95 Å². The molecule has 0 bridgehead atoms. The van der Waals surface area contributed by atoms with Gasteiger partial charge in [-0.3, -0.25) is 4.68 Å². The molecule has 2 rings (SSSR count). The van der Waals surface area contributed by atoms with Crippen molar-refractivity contribution in [1.82, 2.24) is 19.7 Å². The molecular formula is C12H17N5. The molecule has 2 aromatic rings. The molecule has 0 amide bonds. The lowest BCUT2D eigenvalue weighted by molar-refractivity contribution is 0.534. The standard InChI is InChI=1S/C12H17N5/c1-9(2)17-8-6-11(15-17)10-5-7-13-12(14-10)16(3)4/h5-9H,1-4H3. The average molecular weight is 231 g/mol. The molecule has 0 spiro atoms. The molecule has 0 atom stereocenters. The number of nitrogens with zero attached hydrogens (tertiary/aromatic N) is 5. The maximum atomic E-state index is 4.49. The van der Waals surface area contributed by atoms with E-state index in [2.05, 4.69) is 28.9 Å². The largest absolute Gasteiger partial charge is 0.347 e. The second-order valence-corrected chi connectivity index (χ2v) is 4.41. The summed E-state index contributed by atoms with van der Waals surface area (Å²) in [6, 6.07) is 4.21. The quantitative estimate of drug-likeness (QED) is 0.810. The molecule has 0 radical (unpaired) electrons. The fourth-order valence-electron chi connectivity index (χ4n) is 1.47. The van der Waals surface area contributed by atoms with Crippen LogP contribution in [0.3, 0.4) is 0 Å². The van der Waals surface area contributed by atoms with Gasteiger partial charge < -0.3 is 4.90 Å². The van der Waals surface area contributed by atoms with E-state index in [4.69, 9.17) is 0 Å². The summed E-state index contributed by atoms with van der Waals surface area (Å²) in [6.07, 6.45) is 3.73. The topological polar surface area (TPSA) is 46.8 Å². The third-order valence-corrected chi connectivity index (χ3v) is 2.44. The zero-order valence-corrected chi connectivity index (χ0v) is 10.6. The fraction of sp³-hybridized carbons (Fsp3) is 0.417. The lowest BCUT2D eigenvalue weighted by Gasteiger charge is -2.09. The van der Waals surface area contributed by atoms with Crippen LogP contribution < -0.4 is 4.90 Å². The summed E-state index contributed by atoms with van der Waals surface area (Å²) in [6.45, 7) is 4.20. The lowest BCUT2D eigenvalue weighted by Crippen LogP contribution is -2.12. The van der Waals surface area contributed by atoms with Crippen LogP contribution >= 0.6 is 0 Å². The van der Waals surface area contributed by atoms with Crippen molar-refractivity contribution in [2.45, 2.75) is 19.9 Å². The van der Waals surface area contributed by atoms with Crippen LogP contribution in [0, 0.1) is 0 Å². The van der Waals surface area contributed by atoms with Crippen molar-refractivity contribution < 1.29 is 0 Å². The van der Waals surface area contributed by atoms with Gasteiger partial charge in [0.2, 0.25) is 5.95 Å². The van der Waals surface area contributed by atoms with E-state index in [9.17, 15) is 0 Å². The van der Waals surface area contributed by atoms with E-state index >= 15 is 0 Å². The number of hydrogen-bond donors (Lipinski definition) is 0. The van der Waals surface area contributed by atoms with Gasteiger partial charge in [0.1, 0.15) is 5.69 Å². The van der Waals surface area contributed by atoms with Crippen molar-refractivity contribution in [2.24, 2.45) is 0 Å².